The second kappa shape index (κ2) is 5.65. The van der Waals surface area contributed by atoms with Crippen molar-refractivity contribution >= 4 is 15.9 Å². The lowest BCUT2D eigenvalue weighted by molar-refractivity contribution is -0.0206. The lowest BCUT2D eigenvalue weighted by Gasteiger charge is -2.39. The third-order valence-electron chi connectivity index (χ3n) is 3.39. The number of hydrogen-bond acceptors (Lipinski definition) is 2. The van der Waals surface area contributed by atoms with Crippen LogP contribution in [0.15, 0.2) is 0 Å². The number of piperidine rings is 1. The van der Waals surface area contributed by atoms with E-state index in [-0.39, 0.29) is 0 Å². The molecule has 1 N–H and O–H groups in total. The normalized spacial score (nSPS) is 30.8. The number of nitrogens with zero attached hydrogens (tertiary/aromatic N) is 1. The standard InChI is InChI=1S/C12H24BrNO/c1-10(2)11(7-13)8-14-6-4-5-12(3,15)9-14/h10-11,15H,4-9H2,1-3H3. The number of aliphatic hydroxyl groups is 1. The molecule has 0 aromatic rings. The molecule has 3 heteroatoms. The molecule has 1 fully saturated rings. The average molecular weight is 278 g/mol. The Balaban J connectivity index is 2.43. The maximum absolute atomic E-state index is 10.0. The first-order valence-electron chi connectivity index (χ1n) is 5.95. The molecule has 2 atom stereocenters. The van der Waals surface area contributed by atoms with Crippen LogP contribution >= 0.6 is 15.9 Å². The molecule has 0 spiro atoms. The third-order valence-corrected chi connectivity index (χ3v) is 4.22. The van der Waals surface area contributed by atoms with E-state index >= 15 is 0 Å². The van der Waals surface area contributed by atoms with Crippen LogP contribution in [0.1, 0.15) is 33.6 Å². The van der Waals surface area contributed by atoms with E-state index in [1.165, 1.54) is 0 Å². The van der Waals surface area contributed by atoms with E-state index < -0.39 is 5.60 Å². The van der Waals surface area contributed by atoms with Crippen LogP contribution in [-0.2, 0) is 0 Å². The van der Waals surface area contributed by atoms with Crippen molar-refractivity contribution in [3.63, 3.8) is 0 Å². The Kier molecular flexibility index (Phi) is 5.07. The maximum Gasteiger partial charge on any atom is 0.0746 e. The highest BCUT2D eigenvalue weighted by atomic mass is 79.9. The molecule has 0 bridgehead atoms. The number of hydrogen-bond donors (Lipinski definition) is 1. The van der Waals surface area contributed by atoms with Crippen molar-refractivity contribution in [2.24, 2.45) is 11.8 Å². The molecule has 90 valence electrons. The quantitative estimate of drug-likeness (QED) is 0.799. The largest absolute Gasteiger partial charge is 0.389 e. The van der Waals surface area contributed by atoms with Crippen molar-refractivity contribution in [3.05, 3.63) is 0 Å². The van der Waals surface area contributed by atoms with Gasteiger partial charge in [0.05, 0.1) is 5.60 Å². The second-order valence-corrected chi connectivity index (χ2v) is 6.14. The Bertz CT molecular complexity index is 194. The van der Waals surface area contributed by atoms with Crippen molar-refractivity contribution in [3.8, 4) is 0 Å². The number of halogens is 1. The van der Waals surface area contributed by atoms with Crippen molar-refractivity contribution in [1.29, 1.82) is 0 Å². The fourth-order valence-electron chi connectivity index (χ4n) is 2.25. The van der Waals surface area contributed by atoms with E-state index in [2.05, 4.69) is 34.7 Å². The van der Waals surface area contributed by atoms with Gasteiger partial charge < -0.3 is 10.0 Å². The number of likely N-dealkylation sites (tertiary alicyclic amines) is 1. The van der Waals surface area contributed by atoms with E-state index in [0.717, 1.165) is 37.8 Å². The minimum atomic E-state index is -0.466. The van der Waals surface area contributed by atoms with Gasteiger partial charge in [0.2, 0.25) is 0 Å². The fraction of sp³-hybridized carbons (Fsp3) is 1.00. The zero-order chi connectivity index (χ0) is 11.5. The summed E-state index contributed by atoms with van der Waals surface area (Å²) in [4.78, 5) is 2.41. The van der Waals surface area contributed by atoms with Crippen LogP contribution in [-0.4, -0.2) is 40.6 Å². The van der Waals surface area contributed by atoms with Gasteiger partial charge >= 0.3 is 0 Å². The van der Waals surface area contributed by atoms with Crippen molar-refractivity contribution in [2.45, 2.75) is 39.2 Å². The number of rotatable bonds is 4. The van der Waals surface area contributed by atoms with E-state index in [0.29, 0.717) is 11.8 Å². The first kappa shape index (κ1) is 13.5. The van der Waals surface area contributed by atoms with Crippen molar-refractivity contribution in [2.75, 3.05) is 25.0 Å². The van der Waals surface area contributed by atoms with Gasteiger partial charge in [0.1, 0.15) is 0 Å². The summed E-state index contributed by atoms with van der Waals surface area (Å²) in [5, 5.41) is 11.1. The summed E-state index contributed by atoms with van der Waals surface area (Å²) in [5.74, 6) is 1.40. The van der Waals surface area contributed by atoms with E-state index in [1.807, 2.05) is 6.92 Å². The zero-order valence-corrected chi connectivity index (χ0v) is 11.8. The molecule has 0 aromatic carbocycles. The molecule has 2 nitrogen and oxygen atoms in total. The van der Waals surface area contributed by atoms with Gasteiger partial charge in [0, 0.05) is 18.4 Å². The Morgan fingerprint density at radius 1 is 1.47 bits per heavy atom. The Morgan fingerprint density at radius 2 is 2.13 bits per heavy atom. The second-order valence-electron chi connectivity index (χ2n) is 5.49. The first-order valence-corrected chi connectivity index (χ1v) is 7.07. The van der Waals surface area contributed by atoms with Crippen LogP contribution in [0.5, 0.6) is 0 Å². The summed E-state index contributed by atoms with van der Waals surface area (Å²) in [6.45, 7) is 9.59. The topological polar surface area (TPSA) is 23.5 Å². The third kappa shape index (κ3) is 4.41. The molecule has 1 heterocycles. The molecule has 0 aromatic heterocycles. The van der Waals surface area contributed by atoms with Crippen LogP contribution in [0.25, 0.3) is 0 Å². The zero-order valence-electron chi connectivity index (χ0n) is 10.2. The lowest BCUT2D eigenvalue weighted by Crippen LogP contribution is -2.48. The Hall–Kier alpha value is 0.400. The van der Waals surface area contributed by atoms with Gasteiger partial charge in [0.25, 0.3) is 0 Å². The molecular formula is C12H24BrNO. The summed E-state index contributed by atoms with van der Waals surface area (Å²) >= 11 is 3.58. The predicted molar refractivity (Wildman–Crippen MR) is 68.4 cm³/mol. The molecule has 0 aliphatic carbocycles. The van der Waals surface area contributed by atoms with Crippen molar-refractivity contribution in [1.82, 2.24) is 4.90 Å². The number of β-amino-alcohol motifs (C(OH)–C–C–N with tert-alkyl or cyclic N) is 1. The van der Waals surface area contributed by atoms with Gasteiger partial charge in [-0.1, -0.05) is 29.8 Å². The lowest BCUT2D eigenvalue weighted by atomic mass is 9.92. The van der Waals surface area contributed by atoms with E-state index in [9.17, 15) is 5.11 Å². The van der Waals surface area contributed by atoms with Gasteiger partial charge in [-0.15, -0.1) is 0 Å². The van der Waals surface area contributed by atoms with Crippen LogP contribution in [0.2, 0.25) is 0 Å². The predicted octanol–water partition coefficient (Wildman–Crippen LogP) is 2.50. The Labute approximate surface area is 102 Å². The highest BCUT2D eigenvalue weighted by molar-refractivity contribution is 9.09. The molecule has 1 saturated heterocycles. The molecule has 0 amide bonds. The minimum Gasteiger partial charge on any atom is -0.389 e. The van der Waals surface area contributed by atoms with Gasteiger partial charge in [0.15, 0.2) is 0 Å². The maximum atomic E-state index is 10.0. The summed E-state index contributed by atoms with van der Waals surface area (Å²) < 4.78 is 0. The van der Waals surface area contributed by atoms with Crippen LogP contribution in [0.4, 0.5) is 0 Å². The van der Waals surface area contributed by atoms with Crippen LogP contribution < -0.4 is 0 Å². The van der Waals surface area contributed by atoms with Gasteiger partial charge in [-0.05, 0) is 38.1 Å². The highest BCUT2D eigenvalue weighted by Crippen LogP contribution is 2.23. The number of alkyl halides is 1. The molecule has 1 rings (SSSR count). The summed E-state index contributed by atoms with van der Waals surface area (Å²) in [5.41, 5.74) is -0.466. The molecule has 1 aliphatic rings. The van der Waals surface area contributed by atoms with Gasteiger partial charge in [-0.2, -0.15) is 0 Å². The fourth-order valence-corrected chi connectivity index (χ4v) is 3.20. The molecule has 0 saturated carbocycles. The summed E-state index contributed by atoms with van der Waals surface area (Å²) in [6, 6.07) is 0. The van der Waals surface area contributed by atoms with Crippen LogP contribution in [0.3, 0.4) is 0 Å². The first-order chi connectivity index (χ1) is 6.94. The minimum absolute atomic E-state index is 0.466. The van der Waals surface area contributed by atoms with Gasteiger partial charge in [-0.25, -0.2) is 0 Å². The van der Waals surface area contributed by atoms with Crippen LogP contribution in [0, 0.1) is 11.8 Å². The smallest absolute Gasteiger partial charge is 0.0746 e. The molecule has 1 aliphatic heterocycles. The molecule has 2 unspecified atom stereocenters. The average Bonchev–Trinajstić information content (AvgIpc) is 2.12. The summed E-state index contributed by atoms with van der Waals surface area (Å²) in [7, 11) is 0. The van der Waals surface area contributed by atoms with Gasteiger partial charge in [-0.3, -0.25) is 0 Å². The summed E-state index contributed by atoms with van der Waals surface area (Å²) in [6.07, 6.45) is 2.07. The molecule has 15 heavy (non-hydrogen) atoms. The van der Waals surface area contributed by atoms with E-state index in [1.54, 1.807) is 0 Å². The van der Waals surface area contributed by atoms with E-state index in [4.69, 9.17) is 0 Å². The molecule has 0 radical (unpaired) electrons. The monoisotopic (exact) mass is 277 g/mol. The van der Waals surface area contributed by atoms with Crippen molar-refractivity contribution < 1.29 is 5.11 Å². The SMILES string of the molecule is CC(C)C(CBr)CN1CCCC(C)(O)C1. The highest BCUT2D eigenvalue weighted by Gasteiger charge is 2.29. The Morgan fingerprint density at radius 3 is 2.60 bits per heavy atom. The molecular weight excluding hydrogens is 254 g/mol.